The molecule has 32 heavy (non-hydrogen) atoms. The highest BCUT2D eigenvalue weighted by Crippen LogP contribution is 2.39. The van der Waals surface area contributed by atoms with Crippen LogP contribution >= 0.6 is 34.5 Å². The third-order valence-electron chi connectivity index (χ3n) is 5.46. The Labute approximate surface area is 198 Å². The number of thiophene rings is 1. The number of aromatic amines is 1. The molecule has 0 fully saturated rings. The molecule has 5 N–H and O–H groups in total. The molecule has 0 saturated carbocycles. The van der Waals surface area contributed by atoms with Gasteiger partial charge < -0.3 is 20.5 Å². The Balaban J connectivity index is 1.54. The fourth-order valence-electron chi connectivity index (χ4n) is 3.91. The number of nitrogens with one attached hydrogen (secondary N) is 3. The van der Waals surface area contributed by atoms with Crippen LogP contribution in [0.3, 0.4) is 0 Å². The Morgan fingerprint density at radius 3 is 2.78 bits per heavy atom. The maximum Gasteiger partial charge on any atom is 0.268 e. The van der Waals surface area contributed by atoms with Crippen LogP contribution in [-0.4, -0.2) is 60.6 Å². The molecule has 8 nitrogen and oxygen atoms in total. The molecule has 12 heteroatoms. The smallest absolute Gasteiger partial charge is 0.268 e. The summed E-state index contributed by atoms with van der Waals surface area (Å²) in [6.45, 7) is -0.830. The fourth-order valence-corrected chi connectivity index (χ4v) is 6.84. The topological polar surface area (TPSA) is 132 Å². The highest BCUT2D eigenvalue weighted by molar-refractivity contribution is 7.89. The predicted octanol–water partition coefficient (Wildman–Crippen LogP) is 2.25. The zero-order valence-electron chi connectivity index (χ0n) is 16.6. The summed E-state index contributed by atoms with van der Waals surface area (Å²) in [7, 11) is -3.78. The largest absolute Gasteiger partial charge is 0.394 e. The Morgan fingerprint density at radius 1 is 1.31 bits per heavy atom. The summed E-state index contributed by atoms with van der Waals surface area (Å²) in [5, 5.41) is 21.7. The minimum absolute atomic E-state index is 0.269. The number of amides is 1. The summed E-state index contributed by atoms with van der Waals surface area (Å²) in [5.41, 5.74) is 2.72. The molecule has 1 aliphatic rings. The van der Waals surface area contributed by atoms with Gasteiger partial charge in [-0.3, -0.25) is 4.79 Å². The van der Waals surface area contributed by atoms with Gasteiger partial charge in [0.05, 0.1) is 33.7 Å². The average molecular weight is 518 g/mol. The Bertz CT molecular complexity index is 1260. The Kier molecular flexibility index (Phi) is 6.83. The number of aliphatic hydroxyl groups excluding tert-OH is 2. The molecule has 1 unspecified atom stereocenters. The van der Waals surface area contributed by atoms with Crippen molar-refractivity contribution in [3.05, 3.63) is 56.5 Å². The molecule has 0 bridgehead atoms. The molecule has 172 valence electrons. The lowest BCUT2D eigenvalue weighted by molar-refractivity contribution is 0.0930. The second kappa shape index (κ2) is 9.30. The van der Waals surface area contributed by atoms with Gasteiger partial charge in [0, 0.05) is 18.5 Å². The first kappa shape index (κ1) is 23.5. The van der Waals surface area contributed by atoms with Gasteiger partial charge in [0.15, 0.2) is 0 Å². The molecule has 1 amide bonds. The summed E-state index contributed by atoms with van der Waals surface area (Å²) in [4.78, 5) is 15.9. The fraction of sp³-hybridized carbons (Fsp3) is 0.350. The normalized spacial score (nSPS) is 19.2. The summed E-state index contributed by atoms with van der Waals surface area (Å²) in [6.07, 6.45) is -0.693. The molecule has 3 aromatic rings. The van der Waals surface area contributed by atoms with Crippen molar-refractivity contribution in [3.8, 4) is 0 Å². The van der Waals surface area contributed by atoms with E-state index in [1.807, 2.05) is 24.3 Å². The minimum Gasteiger partial charge on any atom is -0.394 e. The van der Waals surface area contributed by atoms with Gasteiger partial charge in [-0.2, -0.15) is 0 Å². The van der Waals surface area contributed by atoms with Crippen molar-refractivity contribution in [3.63, 3.8) is 0 Å². The van der Waals surface area contributed by atoms with Gasteiger partial charge in [0.25, 0.3) is 5.91 Å². The molecule has 2 heterocycles. The Morgan fingerprint density at radius 2 is 2.06 bits per heavy atom. The summed E-state index contributed by atoms with van der Waals surface area (Å²) in [5.74, 6) is -1.12. The number of aromatic nitrogens is 1. The van der Waals surface area contributed by atoms with E-state index in [-0.39, 0.29) is 18.2 Å². The van der Waals surface area contributed by atoms with Crippen LogP contribution in [0.4, 0.5) is 0 Å². The van der Waals surface area contributed by atoms with Crippen LogP contribution in [0.15, 0.2) is 30.3 Å². The number of hydrogen-bond acceptors (Lipinski definition) is 6. The first-order chi connectivity index (χ1) is 15.2. The van der Waals surface area contributed by atoms with E-state index in [0.29, 0.717) is 27.0 Å². The standard InChI is InChI=1S/C20H21Cl2N3O5S2/c21-17-18-16(31-19(17)22)6-15(24-18)20(28)25-14-5-10-3-1-2-4-12(10)13(14)9-32(29,30)23-7-11(27)8-26/h1-4,6,11,13-14,23-24,26-27H,5,7-9H2,(H,25,28)/t11?,13-,14-/m1/s1. The molecule has 1 aliphatic carbocycles. The second-order valence-corrected chi connectivity index (χ2v) is 11.6. The van der Waals surface area contributed by atoms with Crippen molar-refractivity contribution < 1.29 is 23.4 Å². The van der Waals surface area contributed by atoms with E-state index < -0.39 is 34.7 Å². The van der Waals surface area contributed by atoms with Crippen LogP contribution in [0, 0.1) is 0 Å². The van der Waals surface area contributed by atoms with Crippen molar-refractivity contribution in [2.24, 2.45) is 0 Å². The first-order valence-electron chi connectivity index (χ1n) is 9.80. The average Bonchev–Trinajstić information content (AvgIpc) is 3.40. The Hall–Kier alpha value is -1.66. The number of benzene rings is 1. The van der Waals surface area contributed by atoms with Gasteiger partial charge in [-0.05, 0) is 23.6 Å². The number of carbonyl (C=O) groups excluding carboxylic acids is 1. The molecule has 0 aliphatic heterocycles. The molecule has 0 saturated heterocycles. The zero-order chi connectivity index (χ0) is 23.0. The molecule has 0 radical (unpaired) electrons. The van der Waals surface area contributed by atoms with Crippen LogP contribution in [-0.2, 0) is 16.4 Å². The third kappa shape index (κ3) is 4.81. The molecule has 3 atom stereocenters. The first-order valence-corrected chi connectivity index (χ1v) is 13.0. The van der Waals surface area contributed by atoms with E-state index in [1.165, 1.54) is 11.3 Å². The number of sulfonamides is 1. The van der Waals surface area contributed by atoms with Crippen LogP contribution in [0.2, 0.25) is 9.36 Å². The molecular weight excluding hydrogens is 497 g/mol. The van der Waals surface area contributed by atoms with Crippen molar-refractivity contribution >= 4 is 60.7 Å². The number of carbonyl (C=O) groups is 1. The van der Waals surface area contributed by atoms with Crippen molar-refractivity contribution in [1.82, 2.24) is 15.0 Å². The van der Waals surface area contributed by atoms with Crippen LogP contribution in [0.5, 0.6) is 0 Å². The molecule has 0 spiro atoms. The van der Waals surface area contributed by atoms with E-state index in [4.69, 9.17) is 28.3 Å². The maximum atomic E-state index is 12.9. The maximum absolute atomic E-state index is 12.9. The number of aliphatic hydroxyl groups is 2. The van der Waals surface area contributed by atoms with Crippen molar-refractivity contribution in [2.75, 3.05) is 18.9 Å². The van der Waals surface area contributed by atoms with Crippen LogP contribution < -0.4 is 10.0 Å². The van der Waals surface area contributed by atoms with Gasteiger partial charge >= 0.3 is 0 Å². The zero-order valence-corrected chi connectivity index (χ0v) is 19.8. The predicted molar refractivity (Wildman–Crippen MR) is 125 cm³/mol. The van der Waals surface area contributed by atoms with E-state index in [2.05, 4.69) is 15.0 Å². The van der Waals surface area contributed by atoms with Crippen molar-refractivity contribution in [2.45, 2.75) is 24.5 Å². The lowest BCUT2D eigenvalue weighted by Crippen LogP contribution is -2.42. The number of rotatable bonds is 8. The monoisotopic (exact) mass is 517 g/mol. The molecule has 4 rings (SSSR count). The lowest BCUT2D eigenvalue weighted by atomic mass is 10.0. The minimum atomic E-state index is -3.78. The van der Waals surface area contributed by atoms with Gasteiger partial charge in [0.1, 0.15) is 10.0 Å². The molecule has 1 aromatic carbocycles. The summed E-state index contributed by atoms with van der Waals surface area (Å²) < 4.78 is 28.8. The van der Waals surface area contributed by atoms with Crippen molar-refractivity contribution in [1.29, 1.82) is 0 Å². The second-order valence-electron chi connectivity index (χ2n) is 7.67. The van der Waals surface area contributed by atoms with E-state index in [1.54, 1.807) is 6.07 Å². The van der Waals surface area contributed by atoms with Gasteiger partial charge in [-0.15, -0.1) is 11.3 Å². The summed E-state index contributed by atoms with van der Waals surface area (Å²) in [6, 6.07) is 8.69. The van der Waals surface area contributed by atoms with Gasteiger partial charge in [-0.25, -0.2) is 13.1 Å². The highest BCUT2D eigenvalue weighted by Gasteiger charge is 2.37. The highest BCUT2D eigenvalue weighted by atomic mass is 35.5. The van der Waals surface area contributed by atoms with E-state index in [0.717, 1.165) is 15.8 Å². The SMILES string of the molecule is O=C(N[C@@H]1Cc2ccccc2[C@H]1CS(=O)(=O)NCC(O)CO)c1cc2sc(Cl)c(Cl)c2[nH]1. The van der Waals surface area contributed by atoms with E-state index in [9.17, 15) is 18.3 Å². The van der Waals surface area contributed by atoms with Crippen LogP contribution in [0.25, 0.3) is 10.2 Å². The van der Waals surface area contributed by atoms with Gasteiger partial charge in [-0.1, -0.05) is 47.5 Å². The number of halogens is 2. The number of H-pyrrole nitrogens is 1. The lowest BCUT2D eigenvalue weighted by Gasteiger charge is -2.22. The molecule has 2 aromatic heterocycles. The van der Waals surface area contributed by atoms with Gasteiger partial charge in [0.2, 0.25) is 10.0 Å². The number of hydrogen-bond donors (Lipinski definition) is 5. The molecular formula is C20H21Cl2N3O5S2. The van der Waals surface area contributed by atoms with Crippen LogP contribution in [0.1, 0.15) is 27.5 Å². The third-order valence-corrected chi connectivity index (χ3v) is 8.80. The quantitative estimate of drug-likeness (QED) is 0.312. The van der Waals surface area contributed by atoms with E-state index >= 15 is 0 Å². The number of fused-ring (bicyclic) bond motifs is 2. The summed E-state index contributed by atoms with van der Waals surface area (Å²) >= 11 is 13.4.